The molecule has 2 aromatic rings. The number of hydrogen-bond acceptors (Lipinski definition) is 5. The predicted octanol–water partition coefficient (Wildman–Crippen LogP) is 3.34. The minimum Gasteiger partial charge on any atom is -0.596 e. The average molecular weight is 411 g/mol. The van der Waals surface area contributed by atoms with Crippen molar-refractivity contribution in [1.82, 2.24) is 0 Å². The van der Waals surface area contributed by atoms with Crippen LogP contribution >= 0.6 is 11.8 Å². The lowest BCUT2D eigenvalue weighted by molar-refractivity contribution is -0.885. The maximum Gasteiger partial charge on any atom is 0.615 e. The third kappa shape index (κ3) is 2.34. The van der Waals surface area contributed by atoms with Gasteiger partial charge in [0.2, 0.25) is 0 Å². The van der Waals surface area contributed by atoms with E-state index in [4.69, 9.17) is 9.31 Å². The zero-order valence-electron chi connectivity index (χ0n) is 17.7. The van der Waals surface area contributed by atoms with E-state index < -0.39 is 17.8 Å². The van der Waals surface area contributed by atoms with Crippen LogP contribution in [-0.4, -0.2) is 47.4 Å². The maximum atomic E-state index is 12.9. The molecule has 0 spiro atoms. The molecule has 2 aliphatic rings. The molecule has 0 radical (unpaired) electrons. The van der Waals surface area contributed by atoms with Crippen LogP contribution < -0.4 is 5.46 Å². The fraction of sp³-hybridized carbons (Fsp3) is 0.364. The van der Waals surface area contributed by atoms with Crippen LogP contribution in [0.3, 0.4) is 0 Å². The van der Waals surface area contributed by atoms with E-state index >= 15 is 0 Å². The first-order valence-corrected chi connectivity index (χ1v) is 11.0. The summed E-state index contributed by atoms with van der Waals surface area (Å²) in [7, 11) is 1.90. The molecule has 2 fully saturated rings. The third-order valence-electron chi connectivity index (χ3n) is 7.27. The highest BCUT2D eigenvalue weighted by molar-refractivity contribution is 7.98. The number of rotatable bonds is 3. The summed E-state index contributed by atoms with van der Waals surface area (Å²) >= 11 is 1.69. The number of fused-ring (bicyclic) bond motifs is 1. The van der Waals surface area contributed by atoms with Crippen molar-refractivity contribution in [3.05, 3.63) is 48.5 Å². The highest BCUT2D eigenvalue weighted by atomic mass is 32.2. The quantitative estimate of drug-likeness (QED) is 0.573. The first-order valence-electron chi connectivity index (χ1n) is 9.73. The highest BCUT2D eigenvalue weighted by Gasteiger charge is 2.80. The van der Waals surface area contributed by atoms with E-state index in [1.807, 2.05) is 65.3 Å². The Morgan fingerprint density at radius 1 is 0.862 bits per heavy atom. The van der Waals surface area contributed by atoms with Gasteiger partial charge in [0.05, 0.1) is 0 Å². The van der Waals surface area contributed by atoms with Crippen LogP contribution in [0.5, 0.6) is 0 Å². The molecule has 2 aliphatic heterocycles. The number of carbonyl (C=O) groups is 2. The van der Waals surface area contributed by atoms with E-state index in [1.165, 1.54) is 4.90 Å². The minimum atomic E-state index is -2.38. The third-order valence-corrected chi connectivity index (χ3v) is 8.01. The number of nitrogens with zero attached hydrogens (tertiary/aromatic N) is 1. The minimum absolute atomic E-state index is 0.0620. The van der Waals surface area contributed by atoms with E-state index in [0.717, 1.165) is 16.6 Å². The molecule has 0 saturated carbocycles. The summed E-state index contributed by atoms with van der Waals surface area (Å²) in [5, 5.41) is 0. The van der Waals surface area contributed by atoms with Gasteiger partial charge in [-0.1, -0.05) is 36.4 Å². The molecule has 29 heavy (non-hydrogen) atoms. The van der Waals surface area contributed by atoms with Crippen LogP contribution in [0.1, 0.15) is 27.7 Å². The molecule has 0 aromatic heterocycles. The lowest BCUT2D eigenvalue weighted by atomic mass is 9.57. The second-order valence-corrected chi connectivity index (χ2v) is 9.91. The van der Waals surface area contributed by atoms with E-state index in [1.54, 1.807) is 11.8 Å². The lowest BCUT2D eigenvalue weighted by Crippen LogP contribution is -2.77. The largest absolute Gasteiger partial charge is 0.615 e. The van der Waals surface area contributed by atoms with Crippen molar-refractivity contribution in [3.63, 3.8) is 0 Å². The Labute approximate surface area is 176 Å². The molecular weight excluding hydrogens is 385 g/mol. The molecule has 5 nitrogen and oxygen atoms in total. The molecule has 2 aromatic carbocycles. The van der Waals surface area contributed by atoms with E-state index in [9.17, 15) is 9.59 Å². The number of likely N-dealkylation sites (N-methyl/N-ethyl adjacent to an activating group) is 1. The average Bonchev–Trinajstić information content (AvgIpc) is 2.97. The number of benzene rings is 2. The summed E-state index contributed by atoms with van der Waals surface area (Å²) in [6.07, 6.45) is 2.04. The van der Waals surface area contributed by atoms with Gasteiger partial charge in [0, 0.05) is 11.9 Å². The summed E-state index contributed by atoms with van der Waals surface area (Å²) in [6.45, 7) is 4.93. The van der Waals surface area contributed by atoms with Gasteiger partial charge < -0.3 is 13.7 Å². The van der Waals surface area contributed by atoms with Crippen LogP contribution in [0, 0.1) is 0 Å². The van der Waals surface area contributed by atoms with Gasteiger partial charge in [0.25, 0.3) is 0 Å². The highest BCUT2D eigenvalue weighted by Crippen LogP contribution is 2.51. The van der Waals surface area contributed by atoms with Gasteiger partial charge in [0.1, 0.15) is 0 Å². The number of carbonyl (C=O) groups excluding carboxylic acids is 2. The molecule has 0 bridgehead atoms. The fourth-order valence-electron chi connectivity index (χ4n) is 4.90. The van der Waals surface area contributed by atoms with Crippen molar-refractivity contribution in [1.29, 1.82) is 0 Å². The Bertz CT molecular complexity index is 986. The van der Waals surface area contributed by atoms with E-state index in [-0.39, 0.29) is 16.3 Å². The molecule has 0 amide bonds. The molecule has 0 aliphatic carbocycles. The second kappa shape index (κ2) is 6.13. The fourth-order valence-corrected chi connectivity index (χ4v) is 5.31. The summed E-state index contributed by atoms with van der Waals surface area (Å²) in [6, 6.07) is 16.1. The van der Waals surface area contributed by atoms with Crippen LogP contribution in [-0.2, 0) is 18.9 Å². The van der Waals surface area contributed by atoms with E-state index in [0.29, 0.717) is 0 Å². The number of quaternary nitrogens is 1. The van der Waals surface area contributed by atoms with Crippen LogP contribution in [0.2, 0.25) is 0 Å². The van der Waals surface area contributed by atoms with Gasteiger partial charge >= 0.3 is 18.6 Å². The van der Waals surface area contributed by atoms with Crippen LogP contribution in [0.15, 0.2) is 53.4 Å². The Kier molecular flexibility index (Phi) is 4.23. The normalized spacial score (nSPS) is 29.3. The zero-order valence-corrected chi connectivity index (χ0v) is 18.5. The van der Waals surface area contributed by atoms with Gasteiger partial charge in [-0.3, -0.25) is 0 Å². The SMILES string of the molecule is CSc1ccc(-c2cccc([B-]34OC(=O)C(C)(C)[N+]3(C)C(C)(C)C(=O)O4)c2)cc1. The van der Waals surface area contributed by atoms with Crippen LogP contribution in [0.25, 0.3) is 11.1 Å². The second-order valence-electron chi connectivity index (χ2n) is 9.03. The molecule has 152 valence electrons. The molecule has 7 heteroatoms. The zero-order chi connectivity index (χ0) is 21.2. The first-order chi connectivity index (χ1) is 13.5. The standard InChI is InChI=1S/C22H26BNO4S/c1-21(2)19(25)27-23(24(21,5)22(3,4)20(26)28-23)17-9-7-8-16(14-17)15-10-12-18(29-6)13-11-15/h7-14H,1-6H3. The Hall–Kier alpha value is -2.25. The molecular formula is C22H26BNO4S. The molecule has 4 rings (SSSR count). The van der Waals surface area contributed by atoms with Crippen LogP contribution in [0.4, 0.5) is 0 Å². The Morgan fingerprint density at radius 2 is 1.41 bits per heavy atom. The lowest BCUT2D eigenvalue weighted by Gasteiger charge is -2.54. The van der Waals surface area contributed by atoms with Crippen molar-refractivity contribution >= 4 is 35.8 Å². The van der Waals surface area contributed by atoms with Crippen molar-refractivity contribution in [3.8, 4) is 11.1 Å². The van der Waals surface area contributed by atoms with Crippen molar-refractivity contribution in [2.75, 3.05) is 13.3 Å². The van der Waals surface area contributed by atoms with Crippen molar-refractivity contribution in [2.24, 2.45) is 0 Å². The molecule has 0 atom stereocenters. The summed E-state index contributed by atoms with van der Waals surface area (Å²) in [4.78, 5) is 27.0. The van der Waals surface area contributed by atoms with E-state index in [2.05, 4.69) is 24.3 Å². The molecule has 0 unspecified atom stereocenters. The molecule has 2 heterocycles. The molecule has 2 saturated heterocycles. The van der Waals surface area contributed by atoms with Crippen molar-refractivity contribution < 1.29 is 23.3 Å². The smallest absolute Gasteiger partial charge is 0.596 e. The van der Waals surface area contributed by atoms with Gasteiger partial charge in [-0.2, -0.15) is 0 Å². The summed E-state index contributed by atoms with van der Waals surface area (Å²) in [5.41, 5.74) is 0.909. The predicted molar refractivity (Wildman–Crippen MR) is 116 cm³/mol. The van der Waals surface area contributed by atoms with Gasteiger partial charge in [0.15, 0.2) is 11.1 Å². The topological polar surface area (TPSA) is 52.6 Å². The summed E-state index contributed by atoms with van der Waals surface area (Å²) in [5.74, 6) is -0.703. The maximum absolute atomic E-state index is 12.9. The van der Waals surface area contributed by atoms with Gasteiger partial charge in [-0.05, 0) is 62.7 Å². The van der Waals surface area contributed by atoms with Gasteiger partial charge in [-0.15, -0.1) is 11.8 Å². The summed E-state index contributed by atoms with van der Waals surface area (Å²) < 4.78 is 12.0. The monoisotopic (exact) mass is 411 g/mol. The van der Waals surface area contributed by atoms with Crippen molar-refractivity contribution in [2.45, 2.75) is 43.7 Å². The number of hydrogen-bond donors (Lipinski definition) is 0. The Balaban J connectivity index is 1.89. The molecule has 0 N–H and O–H groups in total. The number of thioether (sulfide) groups is 1. The first kappa shape index (κ1) is 20.0. The Morgan fingerprint density at radius 3 is 1.93 bits per heavy atom. The van der Waals surface area contributed by atoms with Gasteiger partial charge in [-0.25, -0.2) is 9.59 Å².